The molecule has 160 valence electrons. The molecule has 0 bridgehead atoms. The molecule has 1 aromatic rings. The van der Waals surface area contributed by atoms with Gasteiger partial charge in [-0.05, 0) is 18.8 Å². The highest BCUT2D eigenvalue weighted by Crippen LogP contribution is 2.23. The van der Waals surface area contributed by atoms with Crippen LogP contribution in [0.25, 0.3) is 0 Å². The second-order valence-electron chi connectivity index (χ2n) is 7.64. The highest BCUT2D eigenvalue weighted by atomic mass is 32.2. The van der Waals surface area contributed by atoms with Gasteiger partial charge in [-0.15, -0.1) is 11.3 Å². The lowest BCUT2D eigenvalue weighted by Gasteiger charge is -2.16. The van der Waals surface area contributed by atoms with Crippen molar-refractivity contribution in [2.75, 3.05) is 25.1 Å². The van der Waals surface area contributed by atoms with Crippen LogP contribution < -0.4 is 16.0 Å². The summed E-state index contributed by atoms with van der Waals surface area (Å²) in [5.74, 6) is 3.04. The zero-order chi connectivity index (χ0) is 20.4. The SMILES string of the molecule is CC(C)NCc1nc(CSCCNC(=CS(C)(=O)=O)NCC2CCCC2)cs1. The number of rotatable bonds is 13. The number of sulfone groups is 1. The Morgan fingerprint density at radius 2 is 2.11 bits per heavy atom. The van der Waals surface area contributed by atoms with Gasteiger partial charge in [0.1, 0.15) is 10.8 Å². The molecule has 0 amide bonds. The average Bonchev–Trinajstić information content (AvgIpc) is 3.28. The lowest BCUT2D eigenvalue weighted by atomic mass is 10.1. The van der Waals surface area contributed by atoms with E-state index < -0.39 is 9.84 Å². The molecule has 1 saturated carbocycles. The first-order valence-corrected chi connectivity index (χ1v) is 13.9. The summed E-state index contributed by atoms with van der Waals surface area (Å²) in [6, 6.07) is 0.462. The maximum absolute atomic E-state index is 11.6. The van der Waals surface area contributed by atoms with Crippen molar-refractivity contribution < 1.29 is 8.42 Å². The highest BCUT2D eigenvalue weighted by molar-refractivity contribution is 7.98. The Balaban J connectivity index is 1.69. The van der Waals surface area contributed by atoms with Crippen LogP contribution in [0.4, 0.5) is 0 Å². The Bertz CT molecular complexity index is 711. The maximum Gasteiger partial charge on any atom is 0.172 e. The van der Waals surface area contributed by atoms with Crippen molar-refractivity contribution in [2.45, 2.75) is 57.9 Å². The zero-order valence-electron chi connectivity index (χ0n) is 17.2. The van der Waals surface area contributed by atoms with Crippen LogP contribution in [0.5, 0.6) is 0 Å². The maximum atomic E-state index is 11.6. The molecule has 0 atom stereocenters. The molecule has 0 aliphatic heterocycles. The van der Waals surface area contributed by atoms with Gasteiger partial charge in [-0.1, -0.05) is 26.7 Å². The molecule has 1 aromatic heterocycles. The molecule has 1 aliphatic carbocycles. The average molecular weight is 447 g/mol. The van der Waals surface area contributed by atoms with Crippen LogP contribution in [0.3, 0.4) is 0 Å². The molecule has 3 N–H and O–H groups in total. The van der Waals surface area contributed by atoms with Gasteiger partial charge in [-0.2, -0.15) is 11.8 Å². The molecular weight excluding hydrogens is 412 g/mol. The summed E-state index contributed by atoms with van der Waals surface area (Å²) in [5.41, 5.74) is 1.11. The minimum atomic E-state index is -3.17. The standard InChI is InChI=1S/C19H34N4O2S3/c1-15(2)21-11-19-23-17(13-27-19)12-26-9-8-20-18(14-28(3,24)25)22-10-16-6-4-5-7-16/h13-16,20-22H,4-12H2,1-3H3. The fraction of sp³-hybridized carbons (Fsp3) is 0.737. The first-order valence-electron chi connectivity index (χ1n) is 9.95. The smallest absolute Gasteiger partial charge is 0.172 e. The van der Waals surface area contributed by atoms with E-state index in [1.54, 1.807) is 23.1 Å². The van der Waals surface area contributed by atoms with E-state index in [4.69, 9.17) is 0 Å². The number of thiazole rings is 1. The highest BCUT2D eigenvalue weighted by Gasteiger charge is 2.15. The van der Waals surface area contributed by atoms with Crippen LogP contribution in [0, 0.1) is 5.92 Å². The third kappa shape index (κ3) is 10.1. The lowest BCUT2D eigenvalue weighted by molar-refractivity contribution is 0.506. The summed E-state index contributed by atoms with van der Waals surface area (Å²) in [5, 5.41) is 14.5. The van der Waals surface area contributed by atoms with Crippen LogP contribution in [-0.2, 0) is 22.1 Å². The normalized spacial score (nSPS) is 16.1. The van der Waals surface area contributed by atoms with Crippen LogP contribution in [0.15, 0.2) is 16.6 Å². The third-order valence-corrected chi connectivity index (χ3v) is 7.01. The second kappa shape index (κ2) is 12.0. The molecule has 1 aliphatic rings. The number of hydrogen-bond acceptors (Lipinski definition) is 8. The van der Waals surface area contributed by atoms with E-state index in [1.165, 1.54) is 37.3 Å². The molecule has 0 aromatic carbocycles. The van der Waals surface area contributed by atoms with Gasteiger partial charge in [0.2, 0.25) is 0 Å². The van der Waals surface area contributed by atoms with Gasteiger partial charge >= 0.3 is 0 Å². The lowest BCUT2D eigenvalue weighted by Crippen LogP contribution is -2.31. The molecule has 9 heteroatoms. The molecule has 2 rings (SSSR count). The van der Waals surface area contributed by atoms with Crippen molar-refractivity contribution in [3.8, 4) is 0 Å². The van der Waals surface area contributed by atoms with E-state index in [9.17, 15) is 8.42 Å². The summed E-state index contributed by atoms with van der Waals surface area (Å²) in [6.07, 6.45) is 6.27. The molecule has 0 spiro atoms. The molecule has 0 radical (unpaired) electrons. The van der Waals surface area contributed by atoms with Gasteiger partial charge in [-0.3, -0.25) is 0 Å². The van der Waals surface area contributed by atoms with Gasteiger partial charge < -0.3 is 16.0 Å². The quantitative estimate of drug-likeness (QED) is 0.402. The van der Waals surface area contributed by atoms with Crippen molar-refractivity contribution in [1.29, 1.82) is 0 Å². The molecular formula is C19H34N4O2S3. The zero-order valence-corrected chi connectivity index (χ0v) is 19.6. The predicted octanol–water partition coefficient (Wildman–Crippen LogP) is 3.09. The van der Waals surface area contributed by atoms with Crippen LogP contribution >= 0.6 is 23.1 Å². The number of nitrogens with one attached hydrogen (secondary N) is 3. The number of thioether (sulfide) groups is 1. The molecule has 28 heavy (non-hydrogen) atoms. The molecule has 1 heterocycles. The van der Waals surface area contributed by atoms with Gasteiger partial charge in [0, 0.05) is 48.8 Å². The van der Waals surface area contributed by atoms with Crippen molar-refractivity contribution in [3.05, 3.63) is 27.3 Å². The Labute approximate surface area is 178 Å². The molecule has 0 unspecified atom stereocenters. The summed E-state index contributed by atoms with van der Waals surface area (Å²) in [7, 11) is -3.17. The van der Waals surface area contributed by atoms with E-state index >= 15 is 0 Å². The van der Waals surface area contributed by atoms with E-state index in [1.807, 2.05) is 0 Å². The van der Waals surface area contributed by atoms with E-state index in [-0.39, 0.29) is 0 Å². The summed E-state index contributed by atoms with van der Waals surface area (Å²) < 4.78 is 23.3. The fourth-order valence-electron chi connectivity index (χ4n) is 3.05. The Morgan fingerprint density at radius 3 is 2.79 bits per heavy atom. The Hall–Kier alpha value is -0.770. The first-order chi connectivity index (χ1) is 13.3. The minimum Gasteiger partial charge on any atom is -0.371 e. The topological polar surface area (TPSA) is 83.1 Å². The van der Waals surface area contributed by atoms with Gasteiger partial charge in [0.15, 0.2) is 9.84 Å². The van der Waals surface area contributed by atoms with Crippen LogP contribution in [0.2, 0.25) is 0 Å². The van der Waals surface area contributed by atoms with Crippen LogP contribution in [-0.4, -0.2) is 44.5 Å². The summed E-state index contributed by atoms with van der Waals surface area (Å²) >= 11 is 3.50. The van der Waals surface area contributed by atoms with Gasteiger partial charge in [-0.25, -0.2) is 13.4 Å². The molecule has 0 saturated heterocycles. The van der Waals surface area contributed by atoms with E-state index in [2.05, 4.69) is 40.2 Å². The monoisotopic (exact) mass is 446 g/mol. The van der Waals surface area contributed by atoms with E-state index in [0.29, 0.717) is 17.8 Å². The number of aromatic nitrogens is 1. The molecule has 1 fully saturated rings. The summed E-state index contributed by atoms with van der Waals surface area (Å²) in [6.45, 7) is 6.64. The molecule has 6 nitrogen and oxygen atoms in total. The Kier molecular flexibility index (Phi) is 10.1. The van der Waals surface area contributed by atoms with E-state index in [0.717, 1.165) is 41.8 Å². The number of hydrogen-bond donors (Lipinski definition) is 3. The van der Waals surface area contributed by atoms with Crippen molar-refractivity contribution in [3.63, 3.8) is 0 Å². The summed E-state index contributed by atoms with van der Waals surface area (Å²) in [4.78, 5) is 4.65. The van der Waals surface area contributed by atoms with Crippen molar-refractivity contribution >= 4 is 32.9 Å². The van der Waals surface area contributed by atoms with Crippen LogP contribution in [0.1, 0.15) is 50.2 Å². The first kappa shape index (κ1) is 23.5. The second-order valence-corrected chi connectivity index (χ2v) is 11.6. The van der Waals surface area contributed by atoms with Crippen molar-refractivity contribution in [2.24, 2.45) is 5.92 Å². The van der Waals surface area contributed by atoms with Gasteiger partial charge in [0.05, 0.1) is 11.1 Å². The number of nitrogens with zero attached hydrogens (tertiary/aromatic N) is 1. The van der Waals surface area contributed by atoms with Gasteiger partial charge in [0.25, 0.3) is 0 Å². The third-order valence-electron chi connectivity index (χ3n) is 4.46. The predicted molar refractivity (Wildman–Crippen MR) is 121 cm³/mol. The Morgan fingerprint density at radius 1 is 1.36 bits per heavy atom. The minimum absolute atomic E-state index is 0.462. The largest absolute Gasteiger partial charge is 0.371 e. The fourth-order valence-corrected chi connectivity index (χ4v) is 5.24. The van der Waals surface area contributed by atoms with Crippen molar-refractivity contribution in [1.82, 2.24) is 20.9 Å².